The van der Waals surface area contributed by atoms with Gasteiger partial charge in [0.15, 0.2) is 0 Å². The van der Waals surface area contributed by atoms with Crippen LogP contribution in [-0.2, 0) is 0 Å². The Labute approximate surface area is 79.4 Å². The largest absolute Gasteiger partial charge is 0.476 e. The van der Waals surface area contributed by atoms with E-state index in [-0.39, 0.29) is 0 Å². The summed E-state index contributed by atoms with van der Waals surface area (Å²) in [6.45, 7) is 0.984. The van der Waals surface area contributed by atoms with Crippen LogP contribution in [0.4, 0.5) is 0 Å². The first-order chi connectivity index (χ1) is 6.42. The highest BCUT2D eigenvalue weighted by Gasteiger charge is 2.04. The molecule has 0 amide bonds. The Morgan fingerprint density at radius 3 is 3.23 bits per heavy atom. The summed E-state index contributed by atoms with van der Waals surface area (Å²) in [5, 5.41) is 2.93. The fraction of sp³-hybridized carbons (Fsp3) is 0.250. The van der Waals surface area contributed by atoms with Gasteiger partial charge in [-0.2, -0.15) is 0 Å². The first-order valence-electron chi connectivity index (χ1n) is 3.93. The van der Waals surface area contributed by atoms with E-state index in [1.807, 2.05) is 11.4 Å². The molecule has 0 aromatic carbocycles. The molecular weight excluding hydrogens is 186 g/mol. The van der Waals surface area contributed by atoms with Gasteiger partial charge in [-0.25, -0.2) is 9.97 Å². The molecular formula is C8H9N3OS. The lowest BCUT2D eigenvalue weighted by Crippen LogP contribution is -2.11. The summed E-state index contributed by atoms with van der Waals surface area (Å²) in [4.78, 5) is 9.09. The molecule has 2 rings (SSSR count). The third-order valence-corrected chi connectivity index (χ3v) is 2.40. The first kappa shape index (κ1) is 8.40. The van der Waals surface area contributed by atoms with Gasteiger partial charge in [0, 0.05) is 6.54 Å². The maximum absolute atomic E-state index is 5.36. The summed E-state index contributed by atoms with van der Waals surface area (Å²) >= 11 is 1.57. The van der Waals surface area contributed by atoms with Gasteiger partial charge in [0.2, 0.25) is 5.88 Å². The van der Waals surface area contributed by atoms with E-state index in [4.69, 9.17) is 10.5 Å². The van der Waals surface area contributed by atoms with Crippen molar-refractivity contribution in [2.75, 3.05) is 13.2 Å². The summed E-state index contributed by atoms with van der Waals surface area (Å²) in [6.07, 6.45) is 1.50. The molecule has 0 atom stereocenters. The smallest absolute Gasteiger partial charge is 0.225 e. The SMILES string of the molecule is NCCOc1ncnc2sccc12. The van der Waals surface area contributed by atoms with Crippen LogP contribution in [0, 0.1) is 0 Å². The van der Waals surface area contributed by atoms with Gasteiger partial charge in [0.05, 0.1) is 5.39 Å². The molecule has 0 saturated carbocycles. The van der Waals surface area contributed by atoms with E-state index in [2.05, 4.69) is 9.97 Å². The molecule has 2 aromatic heterocycles. The lowest BCUT2D eigenvalue weighted by atomic mass is 10.4. The third-order valence-electron chi connectivity index (χ3n) is 1.58. The quantitative estimate of drug-likeness (QED) is 0.794. The summed E-state index contributed by atoms with van der Waals surface area (Å²) in [5.74, 6) is 0.622. The van der Waals surface area contributed by atoms with Gasteiger partial charge in [-0.3, -0.25) is 0 Å². The number of aromatic nitrogens is 2. The molecule has 5 heteroatoms. The van der Waals surface area contributed by atoms with Gasteiger partial charge in [0.1, 0.15) is 17.8 Å². The number of ether oxygens (including phenoxy) is 1. The molecule has 4 nitrogen and oxygen atoms in total. The topological polar surface area (TPSA) is 61.0 Å². The van der Waals surface area contributed by atoms with E-state index in [1.165, 1.54) is 6.33 Å². The molecule has 2 aromatic rings. The zero-order valence-electron chi connectivity index (χ0n) is 6.93. The van der Waals surface area contributed by atoms with E-state index in [0.717, 1.165) is 10.2 Å². The Hall–Kier alpha value is -1.20. The molecule has 0 aliphatic heterocycles. The van der Waals surface area contributed by atoms with Gasteiger partial charge in [-0.15, -0.1) is 11.3 Å². The molecule has 2 N–H and O–H groups in total. The second-order valence-corrected chi connectivity index (χ2v) is 3.35. The van der Waals surface area contributed by atoms with Crippen LogP contribution < -0.4 is 10.5 Å². The first-order valence-corrected chi connectivity index (χ1v) is 4.81. The number of thiophene rings is 1. The zero-order valence-corrected chi connectivity index (χ0v) is 7.75. The van der Waals surface area contributed by atoms with Crippen LogP contribution in [-0.4, -0.2) is 23.1 Å². The number of nitrogens with two attached hydrogens (primary N) is 1. The van der Waals surface area contributed by atoms with Crippen LogP contribution in [0.1, 0.15) is 0 Å². The minimum atomic E-state index is 0.488. The van der Waals surface area contributed by atoms with Crippen LogP contribution in [0.15, 0.2) is 17.8 Å². The molecule has 0 fully saturated rings. The van der Waals surface area contributed by atoms with Crippen molar-refractivity contribution >= 4 is 21.6 Å². The van der Waals surface area contributed by atoms with Gasteiger partial charge in [-0.05, 0) is 11.4 Å². The Kier molecular flexibility index (Phi) is 2.37. The predicted molar refractivity (Wildman–Crippen MR) is 52.0 cm³/mol. The summed E-state index contributed by atoms with van der Waals surface area (Å²) < 4.78 is 5.36. The maximum Gasteiger partial charge on any atom is 0.225 e. The zero-order chi connectivity index (χ0) is 9.10. The van der Waals surface area contributed by atoms with Crippen LogP contribution in [0.5, 0.6) is 5.88 Å². The number of nitrogens with zero attached hydrogens (tertiary/aromatic N) is 2. The van der Waals surface area contributed by atoms with Crippen molar-refractivity contribution in [1.29, 1.82) is 0 Å². The fourth-order valence-electron chi connectivity index (χ4n) is 1.04. The van der Waals surface area contributed by atoms with Crippen molar-refractivity contribution < 1.29 is 4.74 Å². The minimum Gasteiger partial charge on any atom is -0.476 e. The molecule has 2 heterocycles. The average Bonchev–Trinajstić information content (AvgIpc) is 2.62. The summed E-state index contributed by atoms with van der Waals surface area (Å²) in [7, 11) is 0. The molecule has 0 unspecified atom stereocenters. The highest BCUT2D eigenvalue weighted by atomic mass is 32.1. The monoisotopic (exact) mass is 195 g/mol. The minimum absolute atomic E-state index is 0.488. The van der Waals surface area contributed by atoms with Gasteiger partial charge < -0.3 is 10.5 Å². The summed E-state index contributed by atoms with van der Waals surface area (Å²) in [5.41, 5.74) is 5.33. The second-order valence-electron chi connectivity index (χ2n) is 2.46. The Bertz CT molecular complexity index is 401. The van der Waals surface area contributed by atoms with Crippen molar-refractivity contribution in [1.82, 2.24) is 9.97 Å². The van der Waals surface area contributed by atoms with E-state index < -0.39 is 0 Å². The van der Waals surface area contributed by atoms with Crippen molar-refractivity contribution in [2.45, 2.75) is 0 Å². The lowest BCUT2D eigenvalue weighted by molar-refractivity contribution is 0.319. The Morgan fingerprint density at radius 2 is 2.38 bits per heavy atom. The number of fused-ring (bicyclic) bond motifs is 1. The van der Waals surface area contributed by atoms with E-state index >= 15 is 0 Å². The molecule has 0 saturated heterocycles. The fourth-order valence-corrected chi connectivity index (χ4v) is 1.76. The highest BCUT2D eigenvalue weighted by molar-refractivity contribution is 7.16. The number of rotatable bonds is 3. The normalized spacial score (nSPS) is 10.5. The van der Waals surface area contributed by atoms with Crippen molar-refractivity contribution in [3.63, 3.8) is 0 Å². The van der Waals surface area contributed by atoms with E-state index in [1.54, 1.807) is 11.3 Å². The molecule has 0 aliphatic carbocycles. The molecule has 0 radical (unpaired) electrons. The molecule has 0 spiro atoms. The van der Waals surface area contributed by atoms with E-state index in [9.17, 15) is 0 Å². The Morgan fingerprint density at radius 1 is 1.46 bits per heavy atom. The van der Waals surface area contributed by atoms with Crippen molar-refractivity contribution in [3.05, 3.63) is 17.8 Å². The lowest BCUT2D eigenvalue weighted by Gasteiger charge is -2.02. The molecule has 0 aliphatic rings. The van der Waals surface area contributed by atoms with E-state index in [0.29, 0.717) is 19.0 Å². The van der Waals surface area contributed by atoms with Crippen LogP contribution >= 0.6 is 11.3 Å². The molecule has 0 bridgehead atoms. The molecule has 13 heavy (non-hydrogen) atoms. The predicted octanol–water partition coefficient (Wildman–Crippen LogP) is 1.03. The standard InChI is InChI=1S/C8H9N3OS/c9-2-3-12-7-6-1-4-13-8(6)11-5-10-7/h1,4-5H,2-3,9H2. The summed E-state index contributed by atoms with van der Waals surface area (Å²) in [6, 6.07) is 1.95. The average molecular weight is 195 g/mol. The Balaban J connectivity index is 2.37. The second kappa shape index (κ2) is 3.68. The molecule has 68 valence electrons. The van der Waals surface area contributed by atoms with Gasteiger partial charge in [0.25, 0.3) is 0 Å². The van der Waals surface area contributed by atoms with Crippen LogP contribution in [0.3, 0.4) is 0 Å². The van der Waals surface area contributed by atoms with Crippen LogP contribution in [0.25, 0.3) is 10.2 Å². The van der Waals surface area contributed by atoms with Gasteiger partial charge >= 0.3 is 0 Å². The number of hydrogen-bond donors (Lipinski definition) is 1. The van der Waals surface area contributed by atoms with Crippen molar-refractivity contribution in [3.8, 4) is 5.88 Å². The van der Waals surface area contributed by atoms with Crippen molar-refractivity contribution in [2.24, 2.45) is 5.73 Å². The highest BCUT2D eigenvalue weighted by Crippen LogP contribution is 2.24. The number of hydrogen-bond acceptors (Lipinski definition) is 5. The maximum atomic E-state index is 5.36. The van der Waals surface area contributed by atoms with Crippen LogP contribution in [0.2, 0.25) is 0 Å². The third kappa shape index (κ3) is 1.61. The van der Waals surface area contributed by atoms with Gasteiger partial charge in [-0.1, -0.05) is 0 Å².